The molecule has 0 N–H and O–H groups in total. The highest BCUT2D eigenvalue weighted by atomic mass is 16.7. The van der Waals surface area contributed by atoms with Crippen molar-refractivity contribution in [2.24, 2.45) is 0 Å². The molecule has 2 aromatic rings. The summed E-state index contributed by atoms with van der Waals surface area (Å²) in [7, 11) is 6.80. The smallest absolute Gasteiger partial charge is 0.180 e. The fourth-order valence-electron chi connectivity index (χ4n) is 5.02. The molecule has 0 saturated heterocycles. The normalized spacial score (nSPS) is 19.8. The molecule has 2 aliphatic carbocycles. The largest absolute Gasteiger partial charge is 0.352 e. The van der Waals surface area contributed by atoms with Gasteiger partial charge in [-0.1, -0.05) is 48.5 Å². The van der Waals surface area contributed by atoms with Crippen LogP contribution in [-0.4, -0.2) is 41.0 Å². The third-order valence-corrected chi connectivity index (χ3v) is 6.34. The molecular formula is C26H30O4. The maximum atomic E-state index is 5.63. The first-order chi connectivity index (χ1) is 14.7. The van der Waals surface area contributed by atoms with E-state index < -0.39 is 0 Å². The molecule has 0 saturated carbocycles. The van der Waals surface area contributed by atoms with Gasteiger partial charge in [-0.2, -0.15) is 0 Å². The molecule has 0 spiro atoms. The van der Waals surface area contributed by atoms with E-state index in [4.69, 9.17) is 18.9 Å². The Bertz CT molecular complexity index is 860. The summed E-state index contributed by atoms with van der Waals surface area (Å²) < 4.78 is 22.5. The summed E-state index contributed by atoms with van der Waals surface area (Å²) in [6, 6.07) is 17.2. The van der Waals surface area contributed by atoms with Gasteiger partial charge in [0.2, 0.25) is 0 Å². The number of benzene rings is 2. The minimum Gasteiger partial charge on any atom is -0.352 e. The molecule has 0 amide bonds. The Morgan fingerprint density at radius 3 is 1.33 bits per heavy atom. The van der Waals surface area contributed by atoms with E-state index in [9.17, 15) is 0 Å². The van der Waals surface area contributed by atoms with E-state index in [1.807, 2.05) is 0 Å². The lowest BCUT2D eigenvalue weighted by Crippen LogP contribution is -2.21. The SMILES string of the molecule is COC(OC)C1=Cc2ccccc2C1CCC1C(C(OC)OC)=Cc2ccccc21. The summed E-state index contributed by atoms with van der Waals surface area (Å²) in [6.07, 6.45) is 5.76. The average Bonchev–Trinajstić information content (AvgIpc) is 3.32. The summed E-state index contributed by atoms with van der Waals surface area (Å²) in [6.45, 7) is 0. The molecule has 2 atom stereocenters. The second-order valence-corrected chi connectivity index (χ2v) is 7.84. The molecule has 2 aromatic carbocycles. The van der Waals surface area contributed by atoms with Gasteiger partial charge in [0, 0.05) is 40.3 Å². The monoisotopic (exact) mass is 406 g/mol. The molecule has 158 valence electrons. The summed E-state index contributed by atoms with van der Waals surface area (Å²) in [4.78, 5) is 0. The fourth-order valence-corrected chi connectivity index (χ4v) is 5.02. The predicted octanol–water partition coefficient (Wildman–Crippen LogP) is 5.37. The van der Waals surface area contributed by atoms with Crippen molar-refractivity contribution in [3.63, 3.8) is 0 Å². The predicted molar refractivity (Wildman–Crippen MR) is 119 cm³/mol. The molecule has 0 aromatic heterocycles. The molecule has 0 heterocycles. The molecule has 0 aliphatic heterocycles. The molecule has 4 rings (SSSR count). The van der Waals surface area contributed by atoms with Crippen LogP contribution in [0.1, 0.15) is 46.9 Å². The van der Waals surface area contributed by atoms with Gasteiger partial charge in [0.25, 0.3) is 0 Å². The second-order valence-electron chi connectivity index (χ2n) is 7.84. The molecule has 0 bridgehead atoms. The zero-order valence-electron chi connectivity index (χ0n) is 18.1. The van der Waals surface area contributed by atoms with Gasteiger partial charge in [0.05, 0.1) is 0 Å². The van der Waals surface area contributed by atoms with Crippen molar-refractivity contribution < 1.29 is 18.9 Å². The number of ether oxygens (including phenoxy) is 4. The molecule has 0 fully saturated rings. The molecule has 2 unspecified atom stereocenters. The Morgan fingerprint density at radius 1 is 0.600 bits per heavy atom. The van der Waals surface area contributed by atoms with E-state index >= 15 is 0 Å². The van der Waals surface area contributed by atoms with Crippen LogP contribution in [0, 0.1) is 0 Å². The van der Waals surface area contributed by atoms with E-state index in [2.05, 4.69) is 60.7 Å². The summed E-state index contributed by atoms with van der Waals surface area (Å²) in [5.41, 5.74) is 7.58. The highest BCUT2D eigenvalue weighted by Crippen LogP contribution is 2.47. The topological polar surface area (TPSA) is 36.9 Å². The lowest BCUT2D eigenvalue weighted by Gasteiger charge is -2.26. The number of methoxy groups -OCH3 is 4. The van der Waals surface area contributed by atoms with Gasteiger partial charge in [0.15, 0.2) is 12.6 Å². The quantitative estimate of drug-likeness (QED) is 0.525. The van der Waals surface area contributed by atoms with E-state index in [1.54, 1.807) is 28.4 Å². The highest BCUT2D eigenvalue weighted by Gasteiger charge is 2.34. The van der Waals surface area contributed by atoms with Crippen molar-refractivity contribution in [2.45, 2.75) is 37.3 Å². The summed E-state index contributed by atoms with van der Waals surface area (Å²) >= 11 is 0. The maximum absolute atomic E-state index is 5.63. The van der Waals surface area contributed by atoms with Crippen LogP contribution in [0.5, 0.6) is 0 Å². The third kappa shape index (κ3) is 3.77. The van der Waals surface area contributed by atoms with E-state index in [1.165, 1.54) is 33.4 Å². The first kappa shape index (κ1) is 21.0. The number of hydrogen-bond acceptors (Lipinski definition) is 4. The van der Waals surface area contributed by atoms with Crippen molar-refractivity contribution >= 4 is 12.2 Å². The van der Waals surface area contributed by atoms with Crippen LogP contribution in [0.3, 0.4) is 0 Å². The van der Waals surface area contributed by atoms with Crippen LogP contribution in [0.4, 0.5) is 0 Å². The van der Waals surface area contributed by atoms with Gasteiger partial charge in [-0.05, 0) is 58.4 Å². The maximum Gasteiger partial charge on any atom is 0.180 e. The van der Waals surface area contributed by atoms with Gasteiger partial charge >= 0.3 is 0 Å². The van der Waals surface area contributed by atoms with Crippen molar-refractivity contribution in [3.8, 4) is 0 Å². The average molecular weight is 407 g/mol. The van der Waals surface area contributed by atoms with E-state index in [0.29, 0.717) is 0 Å². The van der Waals surface area contributed by atoms with Crippen LogP contribution in [0.2, 0.25) is 0 Å². The van der Waals surface area contributed by atoms with E-state index in [0.717, 1.165) is 12.8 Å². The lowest BCUT2D eigenvalue weighted by atomic mass is 9.83. The minimum absolute atomic E-state index is 0.267. The zero-order chi connectivity index (χ0) is 21.1. The Hall–Kier alpha value is -2.24. The lowest BCUT2D eigenvalue weighted by molar-refractivity contribution is -0.0785. The van der Waals surface area contributed by atoms with E-state index in [-0.39, 0.29) is 24.4 Å². The first-order valence-corrected chi connectivity index (χ1v) is 10.4. The van der Waals surface area contributed by atoms with Gasteiger partial charge in [-0.25, -0.2) is 0 Å². The Labute approximate surface area is 179 Å². The highest BCUT2D eigenvalue weighted by molar-refractivity contribution is 5.68. The number of hydrogen-bond donors (Lipinski definition) is 0. The van der Waals surface area contributed by atoms with Gasteiger partial charge in [0.1, 0.15) is 0 Å². The van der Waals surface area contributed by atoms with Crippen molar-refractivity contribution in [2.75, 3.05) is 28.4 Å². The van der Waals surface area contributed by atoms with Crippen molar-refractivity contribution in [3.05, 3.63) is 81.9 Å². The Morgan fingerprint density at radius 2 is 0.967 bits per heavy atom. The van der Waals surface area contributed by atoms with Crippen molar-refractivity contribution in [1.29, 1.82) is 0 Å². The van der Waals surface area contributed by atoms with Gasteiger partial charge < -0.3 is 18.9 Å². The zero-order valence-corrected chi connectivity index (χ0v) is 18.1. The molecule has 0 radical (unpaired) electrons. The first-order valence-electron chi connectivity index (χ1n) is 10.4. The van der Waals surface area contributed by atoms with Crippen LogP contribution in [-0.2, 0) is 18.9 Å². The van der Waals surface area contributed by atoms with Crippen LogP contribution in [0.25, 0.3) is 12.2 Å². The van der Waals surface area contributed by atoms with Crippen LogP contribution >= 0.6 is 0 Å². The fraction of sp³-hybridized carbons (Fsp3) is 0.385. The molecule has 4 heteroatoms. The molecule has 30 heavy (non-hydrogen) atoms. The Balaban J connectivity index is 1.62. The van der Waals surface area contributed by atoms with Crippen LogP contribution in [0.15, 0.2) is 59.7 Å². The van der Waals surface area contributed by atoms with Crippen LogP contribution < -0.4 is 0 Å². The minimum atomic E-state index is -0.334. The second kappa shape index (κ2) is 9.27. The summed E-state index contributed by atoms with van der Waals surface area (Å²) in [5.74, 6) is 0.535. The van der Waals surface area contributed by atoms with Gasteiger partial charge in [-0.15, -0.1) is 0 Å². The molecular weight excluding hydrogens is 376 g/mol. The summed E-state index contributed by atoms with van der Waals surface area (Å²) in [5, 5.41) is 0. The standard InChI is InChI=1S/C26H30O4/c1-27-25(28-2)23-15-17-9-5-7-11-19(17)21(23)13-14-22-20-12-8-6-10-18(20)16-24(22)26(29-3)30-4/h5-12,15-16,21-22,25-26H,13-14H2,1-4H3. The third-order valence-electron chi connectivity index (χ3n) is 6.34. The molecule has 2 aliphatic rings. The number of rotatable bonds is 9. The van der Waals surface area contributed by atoms with Gasteiger partial charge in [-0.3, -0.25) is 0 Å². The molecule has 4 nitrogen and oxygen atoms in total. The Kier molecular flexibility index (Phi) is 6.49. The number of fused-ring (bicyclic) bond motifs is 2. The van der Waals surface area contributed by atoms with Crippen molar-refractivity contribution in [1.82, 2.24) is 0 Å².